The van der Waals surface area contributed by atoms with Crippen molar-refractivity contribution in [3.05, 3.63) is 29.8 Å². The minimum absolute atomic E-state index is 0.669. The summed E-state index contributed by atoms with van der Waals surface area (Å²) < 4.78 is 0. The molecule has 18 heavy (non-hydrogen) atoms. The first-order chi connectivity index (χ1) is 8.74. The van der Waals surface area contributed by atoms with Gasteiger partial charge in [-0.3, -0.25) is 0 Å². The molecule has 2 aliphatic heterocycles. The first-order valence-corrected chi connectivity index (χ1v) is 6.95. The first-order valence-electron chi connectivity index (χ1n) is 6.95. The number of anilines is 1. The molecule has 1 fully saturated rings. The standard InChI is InChI=1S/C15H23N3/c1-17(2)13-7-8-18(11-13)10-12-9-16-15-6-4-3-5-14(12)15/h3-6,12-13,16H,7-11H2,1-2H3. The normalized spacial score (nSPS) is 27.5. The van der Waals surface area contributed by atoms with Crippen LogP contribution in [0.4, 0.5) is 5.69 Å². The van der Waals surface area contributed by atoms with Gasteiger partial charge in [0.15, 0.2) is 0 Å². The highest BCUT2D eigenvalue weighted by molar-refractivity contribution is 5.57. The summed E-state index contributed by atoms with van der Waals surface area (Å²) >= 11 is 0. The molecular formula is C15H23N3. The molecule has 0 aliphatic carbocycles. The maximum absolute atomic E-state index is 3.52. The lowest BCUT2D eigenvalue weighted by Crippen LogP contribution is -2.33. The SMILES string of the molecule is CN(C)C1CCN(CC2CNc3ccccc32)C1. The number of likely N-dealkylation sites (N-methyl/N-ethyl adjacent to an activating group) is 1. The van der Waals surface area contributed by atoms with E-state index in [2.05, 4.69) is 53.5 Å². The Balaban J connectivity index is 1.62. The van der Waals surface area contributed by atoms with E-state index in [9.17, 15) is 0 Å². The van der Waals surface area contributed by atoms with E-state index in [1.807, 2.05) is 0 Å². The van der Waals surface area contributed by atoms with E-state index in [1.54, 1.807) is 0 Å². The maximum atomic E-state index is 3.52. The van der Waals surface area contributed by atoms with Crippen LogP contribution in [0.2, 0.25) is 0 Å². The number of rotatable bonds is 3. The highest BCUT2D eigenvalue weighted by atomic mass is 15.2. The predicted octanol–water partition coefficient (Wildman–Crippen LogP) is 1.83. The van der Waals surface area contributed by atoms with Crippen LogP contribution in [0, 0.1) is 0 Å². The van der Waals surface area contributed by atoms with Gasteiger partial charge in [-0.05, 0) is 38.7 Å². The number of hydrogen-bond donors (Lipinski definition) is 1. The van der Waals surface area contributed by atoms with Crippen LogP contribution in [0.3, 0.4) is 0 Å². The number of hydrogen-bond acceptors (Lipinski definition) is 3. The third-order valence-corrected chi connectivity index (χ3v) is 4.40. The van der Waals surface area contributed by atoms with Crippen molar-refractivity contribution in [2.24, 2.45) is 0 Å². The van der Waals surface area contributed by atoms with E-state index in [1.165, 1.54) is 37.3 Å². The number of benzene rings is 1. The van der Waals surface area contributed by atoms with Crippen LogP contribution in [0.5, 0.6) is 0 Å². The van der Waals surface area contributed by atoms with Crippen LogP contribution in [0.25, 0.3) is 0 Å². The summed E-state index contributed by atoms with van der Waals surface area (Å²) in [6.07, 6.45) is 1.31. The molecule has 2 unspecified atom stereocenters. The van der Waals surface area contributed by atoms with E-state index in [0.717, 1.165) is 12.6 Å². The van der Waals surface area contributed by atoms with Gasteiger partial charge in [0, 0.05) is 37.3 Å². The van der Waals surface area contributed by atoms with Gasteiger partial charge in [0.1, 0.15) is 0 Å². The summed E-state index contributed by atoms with van der Waals surface area (Å²) in [4.78, 5) is 4.99. The fourth-order valence-electron chi connectivity index (χ4n) is 3.23. The lowest BCUT2D eigenvalue weighted by atomic mass is 10.0. The molecule has 1 saturated heterocycles. The van der Waals surface area contributed by atoms with Gasteiger partial charge in [-0.25, -0.2) is 0 Å². The minimum atomic E-state index is 0.669. The van der Waals surface area contributed by atoms with Crippen molar-refractivity contribution in [3.8, 4) is 0 Å². The second-order valence-electron chi connectivity index (χ2n) is 5.83. The van der Waals surface area contributed by atoms with Gasteiger partial charge in [-0.15, -0.1) is 0 Å². The zero-order valence-corrected chi connectivity index (χ0v) is 11.4. The van der Waals surface area contributed by atoms with Crippen molar-refractivity contribution in [1.82, 2.24) is 9.80 Å². The topological polar surface area (TPSA) is 18.5 Å². The van der Waals surface area contributed by atoms with Crippen LogP contribution in [0.15, 0.2) is 24.3 Å². The number of nitrogens with zero attached hydrogens (tertiary/aromatic N) is 2. The molecule has 0 bridgehead atoms. The van der Waals surface area contributed by atoms with Gasteiger partial charge in [0.05, 0.1) is 0 Å². The first kappa shape index (κ1) is 12.0. The molecule has 3 rings (SSSR count). The minimum Gasteiger partial charge on any atom is -0.384 e. The van der Waals surface area contributed by atoms with Crippen molar-refractivity contribution in [1.29, 1.82) is 0 Å². The maximum Gasteiger partial charge on any atom is 0.0376 e. The average molecular weight is 245 g/mol. The average Bonchev–Trinajstić information content (AvgIpc) is 2.98. The van der Waals surface area contributed by atoms with Gasteiger partial charge in [0.2, 0.25) is 0 Å². The zero-order valence-electron chi connectivity index (χ0n) is 11.4. The second-order valence-corrected chi connectivity index (χ2v) is 5.83. The Kier molecular flexibility index (Phi) is 3.27. The van der Waals surface area contributed by atoms with E-state index in [0.29, 0.717) is 5.92 Å². The molecule has 3 heteroatoms. The van der Waals surface area contributed by atoms with Crippen LogP contribution < -0.4 is 5.32 Å². The van der Waals surface area contributed by atoms with Crippen LogP contribution in [-0.4, -0.2) is 56.1 Å². The van der Waals surface area contributed by atoms with E-state index in [-0.39, 0.29) is 0 Å². The van der Waals surface area contributed by atoms with Crippen molar-refractivity contribution < 1.29 is 0 Å². The number of fused-ring (bicyclic) bond motifs is 1. The van der Waals surface area contributed by atoms with E-state index in [4.69, 9.17) is 0 Å². The summed E-state index contributed by atoms with van der Waals surface area (Å²) in [7, 11) is 4.39. The Morgan fingerprint density at radius 1 is 1.33 bits per heavy atom. The summed E-state index contributed by atoms with van der Waals surface area (Å²) in [5.74, 6) is 0.669. The van der Waals surface area contributed by atoms with Gasteiger partial charge in [-0.1, -0.05) is 18.2 Å². The molecule has 0 aromatic heterocycles. The highest BCUT2D eigenvalue weighted by Crippen LogP contribution is 2.32. The Bertz CT molecular complexity index is 416. The Labute approximate surface area is 110 Å². The predicted molar refractivity (Wildman–Crippen MR) is 76.2 cm³/mol. The Morgan fingerprint density at radius 3 is 2.94 bits per heavy atom. The summed E-state index contributed by atoms with van der Waals surface area (Å²) in [5, 5.41) is 3.52. The molecule has 2 heterocycles. The van der Waals surface area contributed by atoms with Crippen LogP contribution in [0.1, 0.15) is 17.9 Å². The third-order valence-electron chi connectivity index (χ3n) is 4.40. The van der Waals surface area contributed by atoms with Crippen molar-refractivity contribution in [3.63, 3.8) is 0 Å². The molecule has 1 aromatic carbocycles. The molecular weight excluding hydrogens is 222 g/mol. The third kappa shape index (κ3) is 2.25. The lowest BCUT2D eigenvalue weighted by Gasteiger charge is -2.22. The van der Waals surface area contributed by atoms with Gasteiger partial charge in [0.25, 0.3) is 0 Å². The van der Waals surface area contributed by atoms with Crippen molar-refractivity contribution in [2.45, 2.75) is 18.4 Å². The Hall–Kier alpha value is -1.06. The van der Waals surface area contributed by atoms with Crippen LogP contribution in [-0.2, 0) is 0 Å². The molecule has 2 atom stereocenters. The summed E-state index contributed by atoms with van der Waals surface area (Å²) in [5.41, 5.74) is 2.84. The van der Waals surface area contributed by atoms with Crippen molar-refractivity contribution in [2.75, 3.05) is 45.6 Å². The largest absolute Gasteiger partial charge is 0.384 e. The molecule has 2 aliphatic rings. The zero-order chi connectivity index (χ0) is 12.5. The van der Waals surface area contributed by atoms with Gasteiger partial charge >= 0.3 is 0 Å². The number of para-hydroxylation sites is 1. The van der Waals surface area contributed by atoms with Crippen LogP contribution >= 0.6 is 0 Å². The molecule has 1 aromatic rings. The second kappa shape index (κ2) is 4.90. The molecule has 3 nitrogen and oxygen atoms in total. The number of nitrogens with one attached hydrogen (secondary N) is 1. The fraction of sp³-hybridized carbons (Fsp3) is 0.600. The quantitative estimate of drug-likeness (QED) is 0.876. The highest BCUT2D eigenvalue weighted by Gasteiger charge is 2.28. The smallest absolute Gasteiger partial charge is 0.0376 e. The molecule has 0 spiro atoms. The van der Waals surface area contributed by atoms with Crippen molar-refractivity contribution >= 4 is 5.69 Å². The fourth-order valence-corrected chi connectivity index (χ4v) is 3.23. The Morgan fingerprint density at radius 2 is 2.17 bits per heavy atom. The number of likely N-dealkylation sites (tertiary alicyclic amines) is 1. The molecule has 0 amide bonds. The molecule has 98 valence electrons. The van der Waals surface area contributed by atoms with Gasteiger partial charge in [-0.2, -0.15) is 0 Å². The van der Waals surface area contributed by atoms with E-state index < -0.39 is 0 Å². The lowest BCUT2D eigenvalue weighted by molar-refractivity contribution is 0.262. The summed E-state index contributed by atoms with van der Waals surface area (Å²) in [6, 6.07) is 9.49. The molecule has 1 N–H and O–H groups in total. The van der Waals surface area contributed by atoms with E-state index >= 15 is 0 Å². The summed E-state index contributed by atoms with van der Waals surface area (Å²) in [6.45, 7) is 4.78. The molecule has 0 saturated carbocycles. The molecule has 0 radical (unpaired) electrons. The monoisotopic (exact) mass is 245 g/mol. The van der Waals surface area contributed by atoms with Gasteiger partial charge < -0.3 is 15.1 Å².